The van der Waals surface area contributed by atoms with Gasteiger partial charge in [-0.2, -0.15) is 0 Å². The van der Waals surface area contributed by atoms with E-state index in [-0.39, 0.29) is 11.9 Å². The molecule has 6 nitrogen and oxygen atoms in total. The lowest BCUT2D eigenvalue weighted by Gasteiger charge is -2.21. The molecule has 1 aliphatic carbocycles. The Balaban J connectivity index is 1.59. The smallest absolute Gasteiger partial charge is 0.240 e. The van der Waals surface area contributed by atoms with Gasteiger partial charge in [0, 0.05) is 55.2 Å². The van der Waals surface area contributed by atoms with E-state index in [2.05, 4.69) is 48.7 Å². The van der Waals surface area contributed by atoms with E-state index >= 15 is 0 Å². The van der Waals surface area contributed by atoms with Crippen molar-refractivity contribution in [1.29, 1.82) is 0 Å². The molecule has 6 heteroatoms. The van der Waals surface area contributed by atoms with Crippen LogP contribution in [0.5, 0.6) is 0 Å². The molecule has 0 atom stereocenters. The largest absolute Gasteiger partial charge is 0.352 e. The first kappa shape index (κ1) is 18.7. The standard InChI is InChI=1S/C22H29N5O/c1-16(2)24-22(28)15-27-13-17(19-6-4-5-7-20(19)27)12-26(18-8-9-18)14-21-23-10-11-25(21)3/h4-7,10-11,13,16,18H,8-9,12,14-15H2,1-3H3,(H,24,28). The summed E-state index contributed by atoms with van der Waals surface area (Å²) in [7, 11) is 2.05. The molecule has 148 valence electrons. The Morgan fingerprint density at radius 1 is 1.29 bits per heavy atom. The van der Waals surface area contributed by atoms with Crippen molar-refractivity contribution >= 4 is 16.8 Å². The molecule has 3 aromatic rings. The Morgan fingerprint density at radius 2 is 2.07 bits per heavy atom. The number of carbonyl (C=O) groups is 1. The molecule has 1 aromatic carbocycles. The summed E-state index contributed by atoms with van der Waals surface area (Å²) in [5.41, 5.74) is 2.39. The minimum absolute atomic E-state index is 0.0503. The van der Waals surface area contributed by atoms with Crippen molar-refractivity contribution in [3.05, 3.63) is 54.2 Å². The van der Waals surface area contributed by atoms with Crippen molar-refractivity contribution in [2.24, 2.45) is 7.05 Å². The lowest BCUT2D eigenvalue weighted by Crippen LogP contribution is -2.32. The summed E-state index contributed by atoms with van der Waals surface area (Å²) in [6, 6.07) is 9.15. The van der Waals surface area contributed by atoms with Crippen LogP contribution in [0.1, 0.15) is 38.1 Å². The average Bonchev–Trinajstić information content (AvgIpc) is 3.34. The van der Waals surface area contributed by atoms with Crippen molar-refractivity contribution in [2.75, 3.05) is 0 Å². The van der Waals surface area contributed by atoms with E-state index in [9.17, 15) is 4.79 Å². The van der Waals surface area contributed by atoms with Gasteiger partial charge in [0.1, 0.15) is 12.4 Å². The van der Waals surface area contributed by atoms with Crippen LogP contribution in [0.15, 0.2) is 42.9 Å². The Kier molecular flexibility index (Phi) is 5.22. The summed E-state index contributed by atoms with van der Waals surface area (Å²) in [4.78, 5) is 19.3. The molecule has 0 aliphatic heterocycles. The van der Waals surface area contributed by atoms with E-state index in [0.717, 1.165) is 24.4 Å². The molecule has 2 aromatic heterocycles. The molecule has 28 heavy (non-hydrogen) atoms. The summed E-state index contributed by atoms with van der Waals surface area (Å²) in [6.07, 6.45) is 8.51. The Hall–Kier alpha value is -2.60. The molecule has 4 rings (SSSR count). The fourth-order valence-electron chi connectivity index (χ4n) is 3.81. The van der Waals surface area contributed by atoms with Crippen LogP contribution in [0.2, 0.25) is 0 Å². The van der Waals surface area contributed by atoms with Gasteiger partial charge in [-0.3, -0.25) is 9.69 Å². The van der Waals surface area contributed by atoms with Crippen LogP contribution in [-0.2, 0) is 31.5 Å². The summed E-state index contributed by atoms with van der Waals surface area (Å²) >= 11 is 0. The number of imidazole rings is 1. The molecule has 0 spiro atoms. The van der Waals surface area contributed by atoms with Crippen molar-refractivity contribution in [2.45, 2.75) is 58.4 Å². The van der Waals surface area contributed by atoms with Gasteiger partial charge >= 0.3 is 0 Å². The third-order valence-corrected chi connectivity index (χ3v) is 5.34. The molecule has 1 amide bonds. The first-order chi connectivity index (χ1) is 13.5. The highest BCUT2D eigenvalue weighted by Gasteiger charge is 2.30. The molecule has 2 heterocycles. The number of rotatable bonds is 8. The number of nitrogens with one attached hydrogen (secondary N) is 1. The normalized spacial score (nSPS) is 14.3. The quantitative estimate of drug-likeness (QED) is 0.654. The number of hydrogen-bond acceptors (Lipinski definition) is 3. The van der Waals surface area contributed by atoms with E-state index in [0.29, 0.717) is 12.6 Å². The van der Waals surface area contributed by atoms with Crippen molar-refractivity contribution < 1.29 is 4.79 Å². The van der Waals surface area contributed by atoms with Crippen LogP contribution >= 0.6 is 0 Å². The second-order valence-electron chi connectivity index (χ2n) is 8.11. The van der Waals surface area contributed by atoms with E-state index in [1.54, 1.807) is 0 Å². The second kappa shape index (κ2) is 7.80. The zero-order valence-electron chi connectivity index (χ0n) is 16.9. The number of fused-ring (bicyclic) bond motifs is 1. The van der Waals surface area contributed by atoms with E-state index < -0.39 is 0 Å². The maximum Gasteiger partial charge on any atom is 0.240 e. The fraction of sp³-hybridized carbons (Fsp3) is 0.455. The number of para-hydroxylation sites is 1. The van der Waals surface area contributed by atoms with Crippen molar-refractivity contribution in [1.82, 2.24) is 24.3 Å². The van der Waals surface area contributed by atoms with E-state index in [4.69, 9.17) is 0 Å². The molecule has 1 aliphatic rings. The number of carbonyl (C=O) groups excluding carboxylic acids is 1. The molecule has 0 saturated heterocycles. The summed E-state index contributed by atoms with van der Waals surface area (Å²) in [5, 5.41) is 4.22. The Labute approximate surface area is 166 Å². The van der Waals surface area contributed by atoms with Crippen LogP contribution in [0.25, 0.3) is 10.9 Å². The lowest BCUT2D eigenvalue weighted by atomic mass is 10.1. The van der Waals surface area contributed by atoms with E-state index in [1.807, 2.05) is 39.4 Å². The minimum atomic E-state index is 0.0503. The Bertz CT molecular complexity index is 966. The fourth-order valence-corrected chi connectivity index (χ4v) is 3.81. The molecule has 0 radical (unpaired) electrons. The topological polar surface area (TPSA) is 55.1 Å². The first-order valence-corrected chi connectivity index (χ1v) is 10.1. The predicted octanol–water partition coefficient (Wildman–Crippen LogP) is 3.06. The number of hydrogen-bond donors (Lipinski definition) is 1. The van der Waals surface area contributed by atoms with Gasteiger partial charge < -0.3 is 14.5 Å². The van der Waals surface area contributed by atoms with Gasteiger partial charge in [-0.1, -0.05) is 18.2 Å². The van der Waals surface area contributed by atoms with Gasteiger partial charge in [-0.25, -0.2) is 4.98 Å². The lowest BCUT2D eigenvalue weighted by molar-refractivity contribution is -0.122. The van der Waals surface area contributed by atoms with E-state index in [1.165, 1.54) is 23.8 Å². The van der Waals surface area contributed by atoms with Crippen LogP contribution in [0.3, 0.4) is 0 Å². The molecular weight excluding hydrogens is 350 g/mol. The molecule has 1 saturated carbocycles. The predicted molar refractivity (Wildman–Crippen MR) is 111 cm³/mol. The third-order valence-electron chi connectivity index (χ3n) is 5.34. The molecule has 1 fully saturated rings. The van der Waals surface area contributed by atoms with Gasteiger partial charge in [0.05, 0.1) is 6.54 Å². The van der Waals surface area contributed by atoms with Gasteiger partial charge in [0.25, 0.3) is 0 Å². The maximum absolute atomic E-state index is 12.3. The van der Waals surface area contributed by atoms with Crippen LogP contribution in [-0.4, -0.2) is 37.0 Å². The third kappa shape index (κ3) is 4.12. The highest BCUT2D eigenvalue weighted by molar-refractivity contribution is 5.86. The minimum Gasteiger partial charge on any atom is -0.352 e. The summed E-state index contributed by atoms with van der Waals surface area (Å²) in [5.74, 6) is 1.14. The SMILES string of the molecule is CC(C)NC(=O)Cn1cc(CN(Cc2nccn2C)C2CC2)c2ccccc21. The zero-order valence-corrected chi connectivity index (χ0v) is 16.9. The maximum atomic E-state index is 12.3. The van der Waals surface area contributed by atoms with Crippen molar-refractivity contribution in [3.63, 3.8) is 0 Å². The van der Waals surface area contributed by atoms with Gasteiger partial charge in [0.2, 0.25) is 5.91 Å². The molecule has 0 bridgehead atoms. The number of aryl methyl sites for hydroxylation is 1. The monoisotopic (exact) mass is 379 g/mol. The molecule has 0 unspecified atom stereocenters. The van der Waals surface area contributed by atoms with Gasteiger partial charge in [0.15, 0.2) is 0 Å². The van der Waals surface area contributed by atoms with Crippen molar-refractivity contribution in [3.8, 4) is 0 Å². The van der Waals surface area contributed by atoms with Crippen LogP contribution in [0, 0.1) is 0 Å². The summed E-state index contributed by atoms with van der Waals surface area (Å²) < 4.78 is 4.17. The number of benzene rings is 1. The summed E-state index contributed by atoms with van der Waals surface area (Å²) in [6.45, 7) is 6.05. The zero-order chi connectivity index (χ0) is 19.7. The number of amides is 1. The van der Waals surface area contributed by atoms with Crippen LogP contribution in [0.4, 0.5) is 0 Å². The molecule has 1 N–H and O–H groups in total. The second-order valence-corrected chi connectivity index (χ2v) is 8.11. The average molecular weight is 380 g/mol. The van der Waals surface area contributed by atoms with Gasteiger partial charge in [-0.05, 0) is 38.3 Å². The number of nitrogens with zero attached hydrogens (tertiary/aromatic N) is 4. The van der Waals surface area contributed by atoms with Gasteiger partial charge in [-0.15, -0.1) is 0 Å². The van der Waals surface area contributed by atoms with Crippen LogP contribution < -0.4 is 5.32 Å². The Morgan fingerprint density at radius 3 is 2.75 bits per heavy atom. The highest BCUT2D eigenvalue weighted by Crippen LogP contribution is 2.31. The molecular formula is C22H29N5O. The number of aromatic nitrogens is 3. The first-order valence-electron chi connectivity index (χ1n) is 10.1. The highest BCUT2D eigenvalue weighted by atomic mass is 16.2.